The molecule has 1 N–H and O–H groups in total. The molecule has 0 aliphatic carbocycles. The molecule has 1 heterocycles. The standard InChI is InChI=1S/C29H25N3O2/c1-18-13-23(29(34)27(14-18)32-30-25-11-7-8-12-26(25)31-32)16-22-17-24(20(3)15-19(22)2)28(33)21-9-5-4-6-10-21/h4-15,17,34H,16H2,1-3H3. The number of nitrogens with zero attached hydrogens (tertiary/aromatic N) is 3. The van der Waals surface area contributed by atoms with Crippen molar-refractivity contribution < 1.29 is 9.90 Å². The van der Waals surface area contributed by atoms with Crippen molar-refractivity contribution in [2.45, 2.75) is 27.2 Å². The highest BCUT2D eigenvalue weighted by atomic mass is 16.3. The first-order valence-corrected chi connectivity index (χ1v) is 11.3. The number of aromatic hydroxyl groups is 1. The van der Waals surface area contributed by atoms with E-state index in [0.717, 1.165) is 38.9 Å². The summed E-state index contributed by atoms with van der Waals surface area (Å²) in [7, 11) is 0. The minimum absolute atomic E-state index is 0.000865. The highest BCUT2D eigenvalue weighted by Crippen LogP contribution is 2.31. The minimum Gasteiger partial charge on any atom is -0.505 e. The molecule has 168 valence electrons. The number of phenols is 1. The number of hydrogen-bond acceptors (Lipinski definition) is 4. The van der Waals surface area contributed by atoms with Crippen LogP contribution in [0.5, 0.6) is 5.75 Å². The molecule has 0 atom stereocenters. The monoisotopic (exact) mass is 447 g/mol. The molecule has 0 fully saturated rings. The third-order valence-corrected chi connectivity index (χ3v) is 6.16. The number of carbonyl (C=O) groups excluding carboxylic acids is 1. The molecule has 34 heavy (non-hydrogen) atoms. The predicted octanol–water partition coefficient (Wildman–Crippen LogP) is 5.87. The number of rotatable bonds is 5. The summed E-state index contributed by atoms with van der Waals surface area (Å²) in [6, 6.07) is 24.8. The van der Waals surface area contributed by atoms with Crippen LogP contribution in [0.3, 0.4) is 0 Å². The van der Waals surface area contributed by atoms with E-state index in [1.54, 1.807) is 0 Å². The van der Waals surface area contributed by atoms with Gasteiger partial charge in [0, 0.05) is 23.1 Å². The highest BCUT2D eigenvalue weighted by molar-refractivity contribution is 6.10. The summed E-state index contributed by atoms with van der Waals surface area (Å²) in [6.45, 7) is 5.99. The first-order chi connectivity index (χ1) is 16.4. The smallest absolute Gasteiger partial charge is 0.193 e. The van der Waals surface area contributed by atoms with E-state index in [-0.39, 0.29) is 11.5 Å². The molecule has 5 heteroatoms. The largest absolute Gasteiger partial charge is 0.505 e. The summed E-state index contributed by atoms with van der Waals surface area (Å²) >= 11 is 0. The minimum atomic E-state index is 0.000865. The summed E-state index contributed by atoms with van der Waals surface area (Å²) in [6.07, 6.45) is 0.489. The van der Waals surface area contributed by atoms with Crippen LogP contribution in [0.4, 0.5) is 0 Å². The fourth-order valence-electron chi connectivity index (χ4n) is 4.37. The van der Waals surface area contributed by atoms with Gasteiger partial charge in [-0.1, -0.05) is 54.6 Å². The Hall–Kier alpha value is -4.25. The van der Waals surface area contributed by atoms with Gasteiger partial charge in [-0.15, -0.1) is 15.0 Å². The number of hydrogen-bond donors (Lipinski definition) is 1. The van der Waals surface area contributed by atoms with E-state index in [9.17, 15) is 9.90 Å². The molecule has 0 radical (unpaired) electrons. The normalized spacial score (nSPS) is 11.1. The van der Waals surface area contributed by atoms with Crippen LogP contribution < -0.4 is 0 Å². The van der Waals surface area contributed by atoms with Gasteiger partial charge in [-0.3, -0.25) is 4.79 Å². The van der Waals surface area contributed by atoms with Crippen LogP contribution in [0.1, 0.15) is 43.7 Å². The Kier molecular flexibility index (Phi) is 5.46. The lowest BCUT2D eigenvalue weighted by Gasteiger charge is -2.15. The molecule has 4 aromatic carbocycles. The number of aromatic nitrogens is 3. The molecule has 5 nitrogen and oxygen atoms in total. The van der Waals surface area contributed by atoms with Crippen molar-refractivity contribution >= 4 is 16.8 Å². The topological polar surface area (TPSA) is 68.0 Å². The highest BCUT2D eigenvalue weighted by Gasteiger charge is 2.18. The Morgan fingerprint density at radius 2 is 1.44 bits per heavy atom. The number of carbonyl (C=O) groups is 1. The second kappa shape index (κ2) is 8.60. The second-order valence-corrected chi connectivity index (χ2v) is 8.74. The molecule has 0 saturated carbocycles. The van der Waals surface area contributed by atoms with E-state index in [0.29, 0.717) is 23.2 Å². The zero-order chi connectivity index (χ0) is 23.8. The number of fused-ring (bicyclic) bond motifs is 1. The van der Waals surface area contributed by atoms with Crippen LogP contribution in [0.15, 0.2) is 78.9 Å². The molecule has 5 rings (SSSR count). The molecule has 0 saturated heterocycles. The first kappa shape index (κ1) is 21.6. The second-order valence-electron chi connectivity index (χ2n) is 8.74. The summed E-state index contributed by atoms with van der Waals surface area (Å²) in [4.78, 5) is 14.6. The maximum Gasteiger partial charge on any atom is 0.193 e. The Morgan fingerprint density at radius 1 is 0.794 bits per heavy atom. The van der Waals surface area contributed by atoms with Crippen LogP contribution in [-0.2, 0) is 6.42 Å². The van der Waals surface area contributed by atoms with Crippen LogP contribution in [0.25, 0.3) is 16.7 Å². The third kappa shape index (κ3) is 3.97. The summed E-state index contributed by atoms with van der Waals surface area (Å²) in [5, 5.41) is 20.3. The van der Waals surface area contributed by atoms with Gasteiger partial charge in [-0.2, -0.15) is 0 Å². The first-order valence-electron chi connectivity index (χ1n) is 11.3. The summed E-state index contributed by atoms with van der Waals surface area (Å²) in [5.74, 6) is 0.141. The fraction of sp³-hybridized carbons (Fsp3) is 0.138. The SMILES string of the molecule is Cc1cc(Cc2cc(C(=O)c3ccccc3)c(C)cc2C)c(O)c(-n2nc3ccccc3n2)c1. The zero-order valence-corrected chi connectivity index (χ0v) is 19.4. The number of aryl methyl sites for hydroxylation is 3. The van der Waals surface area contributed by atoms with Crippen molar-refractivity contribution in [1.82, 2.24) is 15.0 Å². The maximum absolute atomic E-state index is 13.2. The van der Waals surface area contributed by atoms with Gasteiger partial charge in [0.2, 0.25) is 0 Å². The Morgan fingerprint density at radius 3 is 2.12 bits per heavy atom. The molecular formula is C29H25N3O2. The third-order valence-electron chi connectivity index (χ3n) is 6.16. The van der Waals surface area contributed by atoms with Gasteiger partial charge < -0.3 is 5.11 Å². The van der Waals surface area contributed by atoms with Crippen molar-refractivity contribution in [3.8, 4) is 11.4 Å². The van der Waals surface area contributed by atoms with E-state index in [1.165, 1.54) is 4.80 Å². The van der Waals surface area contributed by atoms with Gasteiger partial charge in [0.25, 0.3) is 0 Å². The van der Waals surface area contributed by atoms with E-state index < -0.39 is 0 Å². The predicted molar refractivity (Wildman–Crippen MR) is 134 cm³/mol. The van der Waals surface area contributed by atoms with Crippen LogP contribution in [0.2, 0.25) is 0 Å². The number of benzene rings is 4. The summed E-state index contributed by atoms with van der Waals surface area (Å²) in [5.41, 5.74) is 8.19. The molecular weight excluding hydrogens is 422 g/mol. The van der Waals surface area contributed by atoms with Gasteiger partial charge in [-0.25, -0.2) is 0 Å². The molecule has 0 bridgehead atoms. The molecule has 5 aromatic rings. The average Bonchev–Trinajstić information content (AvgIpc) is 3.27. The van der Waals surface area contributed by atoms with Crippen molar-refractivity contribution in [3.05, 3.63) is 118 Å². The van der Waals surface area contributed by atoms with Crippen molar-refractivity contribution in [1.29, 1.82) is 0 Å². The van der Waals surface area contributed by atoms with Crippen molar-refractivity contribution in [2.24, 2.45) is 0 Å². The van der Waals surface area contributed by atoms with Gasteiger partial charge in [0.15, 0.2) is 5.78 Å². The molecule has 0 unspecified atom stereocenters. The molecule has 0 aliphatic rings. The molecule has 0 amide bonds. The van der Waals surface area contributed by atoms with Crippen LogP contribution in [0, 0.1) is 20.8 Å². The van der Waals surface area contributed by atoms with E-state index >= 15 is 0 Å². The molecule has 0 aliphatic heterocycles. The fourth-order valence-corrected chi connectivity index (χ4v) is 4.37. The number of phenolic OH excluding ortho intramolecular Hbond substituents is 1. The Balaban J connectivity index is 1.55. The van der Waals surface area contributed by atoms with E-state index in [4.69, 9.17) is 0 Å². The lowest BCUT2D eigenvalue weighted by molar-refractivity contribution is 0.103. The van der Waals surface area contributed by atoms with Crippen LogP contribution in [-0.4, -0.2) is 25.9 Å². The molecule has 0 spiro atoms. The van der Waals surface area contributed by atoms with E-state index in [2.05, 4.69) is 10.2 Å². The van der Waals surface area contributed by atoms with Gasteiger partial charge in [0.1, 0.15) is 22.5 Å². The lowest BCUT2D eigenvalue weighted by atomic mass is 9.91. The molecule has 1 aromatic heterocycles. The van der Waals surface area contributed by atoms with Crippen molar-refractivity contribution in [3.63, 3.8) is 0 Å². The van der Waals surface area contributed by atoms with E-state index in [1.807, 2.05) is 99.6 Å². The average molecular weight is 448 g/mol. The Labute approximate surface area is 198 Å². The quantitative estimate of drug-likeness (QED) is 0.342. The maximum atomic E-state index is 13.2. The lowest BCUT2D eigenvalue weighted by Crippen LogP contribution is -2.07. The number of ketones is 1. The summed E-state index contributed by atoms with van der Waals surface area (Å²) < 4.78 is 0. The van der Waals surface area contributed by atoms with Crippen LogP contribution >= 0.6 is 0 Å². The van der Waals surface area contributed by atoms with Gasteiger partial charge in [-0.05, 0) is 67.3 Å². The zero-order valence-electron chi connectivity index (χ0n) is 19.4. The Bertz CT molecular complexity index is 1500. The van der Waals surface area contributed by atoms with Gasteiger partial charge in [0.05, 0.1) is 0 Å². The van der Waals surface area contributed by atoms with Crippen molar-refractivity contribution in [2.75, 3.05) is 0 Å². The van der Waals surface area contributed by atoms with Gasteiger partial charge >= 0.3 is 0 Å².